The maximum absolute atomic E-state index is 12.0. The van der Waals surface area contributed by atoms with Crippen molar-refractivity contribution < 1.29 is 19.0 Å². The highest BCUT2D eigenvalue weighted by molar-refractivity contribution is 5.69. The first kappa shape index (κ1) is 27.2. The van der Waals surface area contributed by atoms with Crippen LogP contribution < -0.4 is 0 Å². The van der Waals surface area contributed by atoms with Crippen molar-refractivity contribution in [3.05, 3.63) is 12.2 Å². The fourth-order valence-electron chi connectivity index (χ4n) is 3.53. The molecule has 0 atom stereocenters. The van der Waals surface area contributed by atoms with Gasteiger partial charge in [-0.15, -0.1) is 0 Å². The quantitative estimate of drug-likeness (QED) is 0.139. The van der Waals surface area contributed by atoms with Gasteiger partial charge in [0, 0.05) is 11.8 Å². The molecule has 0 radical (unpaired) electrons. The topological polar surface area (TPSA) is 44.8 Å². The van der Waals surface area contributed by atoms with E-state index in [2.05, 4.69) is 19.1 Å². The molecule has 0 N–H and O–H groups in total. The molecule has 0 spiro atoms. The summed E-state index contributed by atoms with van der Waals surface area (Å²) in [7, 11) is 0. The van der Waals surface area contributed by atoms with Crippen molar-refractivity contribution in [2.24, 2.45) is 5.41 Å². The molecule has 0 unspecified atom stereocenters. The first-order chi connectivity index (χ1) is 14.4. The highest BCUT2D eigenvalue weighted by atomic mass is 16.7. The molecule has 0 amide bonds. The van der Waals surface area contributed by atoms with Crippen molar-refractivity contribution in [2.45, 2.75) is 123 Å². The molecule has 0 aromatic carbocycles. The fraction of sp³-hybridized carbons (Fsp3) is 0.885. The Morgan fingerprint density at radius 1 is 0.800 bits per heavy atom. The Kier molecular flexibility index (Phi) is 14.4. The van der Waals surface area contributed by atoms with Gasteiger partial charge in [0.1, 0.15) is 6.61 Å². The second-order valence-electron chi connectivity index (χ2n) is 9.78. The zero-order chi connectivity index (χ0) is 22.1. The lowest BCUT2D eigenvalue weighted by atomic mass is 9.93. The van der Waals surface area contributed by atoms with Crippen LogP contribution in [0, 0.1) is 5.41 Å². The number of rotatable bonds is 17. The van der Waals surface area contributed by atoms with E-state index in [1.807, 2.05) is 20.8 Å². The Bertz CT molecular complexity index is 460. The van der Waals surface area contributed by atoms with Crippen LogP contribution in [-0.2, 0) is 19.0 Å². The SMILES string of the molecule is CCCCCCCC/C=C\CCCCCCCC(=O)OCC1(C)COC(C)(C)OC1. The number of carbonyl (C=O) groups excluding carboxylic acids is 1. The van der Waals surface area contributed by atoms with Gasteiger partial charge in [0.25, 0.3) is 0 Å². The molecule has 0 saturated carbocycles. The number of hydrogen-bond donors (Lipinski definition) is 0. The molecule has 176 valence electrons. The van der Waals surface area contributed by atoms with Gasteiger partial charge in [-0.3, -0.25) is 4.79 Å². The molecule has 0 aliphatic carbocycles. The van der Waals surface area contributed by atoms with Gasteiger partial charge in [0.2, 0.25) is 0 Å². The Labute approximate surface area is 186 Å². The summed E-state index contributed by atoms with van der Waals surface area (Å²) in [5.74, 6) is -0.633. The third-order valence-corrected chi connectivity index (χ3v) is 5.76. The zero-order valence-corrected chi connectivity index (χ0v) is 20.3. The van der Waals surface area contributed by atoms with Gasteiger partial charge < -0.3 is 14.2 Å². The van der Waals surface area contributed by atoms with E-state index in [1.165, 1.54) is 70.6 Å². The number of allylic oxidation sites excluding steroid dienone is 2. The Balaban J connectivity index is 1.88. The minimum absolute atomic E-state index is 0.0984. The summed E-state index contributed by atoms with van der Waals surface area (Å²) in [5, 5.41) is 0. The zero-order valence-electron chi connectivity index (χ0n) is 20.3. The molecular weight excluding hydrogens is 376 g/mol. The summed E-state index contributed by atoms with van der Waals surface area (Å²) in [4.78, 5) is 12.0. The predicted molar refractivity (Wildman–Crippen MR) is 125 cm³/mol. The van der Waals surface area contributed by atoms with E-state index in [0.29, 0.717) is 26.2 Å². The number of carbonyl (C=O) groups is 1. The van der Waals surface area contributed by atoms with Crippen LogP contribution >= 0.6 is 0 Å². The van der Waals surface area contributed by atoms with Gasteiger partial charge in [0.05, 0.1) is 13.2 Å². The molecule has 4 nitrogen and oxygen atoms in total. The molecule has 1 rings (SSSR count). The minimum Gasteiger partial charge on any atom is -0.465 e. The smallest absolute Gasteiger partial charge is 0.305 e. The Morgan fingerprint density at radius 2 is 1.30 bits per heavy atom. The van der Waals surface area contributed by atoms with Crippen LogP contribution in [0.3, 0.4) is 0 Å². The normalized spacial score (nSPS) is 18.0. The van der Waals surface area contributed by atoms with Gasteiger partial charge in [-0.2, -0.15) is 0 Å². The molecule has 0 bridgehead atoms. The van der Waals surface area contributed by atoms with Crippen molar-refractivity contribution in [2.75, 3.05) is 19.8 Å². The van der Waals surface area contributed by atoms with Crippen molar-refractivity contribution in [3.63, 3.8) is 0 Å². The number of hydrogen-bond acceptors (Lipinski definition) is 4. The van der Waals surface area contributed by atoms with Gasteiger partial charge >= 0.3 is 5.97 Å². The van der Waals surface area contributed by atoms with Crippen LogP contribution in [0.25, 0.3) is 0 Å². The van der Waals surface area contributed by atoms with E-state index >= 15 is 0 Å². The number of esters is 1. The highest BCUT2D eigenvalue weighted by Crippen LogP contribution is 2.29. The molecule has 30 heavy (non-hydrogen) atoms. The Hall–Kier alpha value is -0.870. The lowest BCUT2D eigenvalue weighted by Gasteiger charge is -2.40. The van der Waals surface area contributed by atoms with Crippen LogP contribution in [0.15, 0.2) is 12.2 Å². The van der Waals surface area contributed by atoms with E-state index in [1.54, 1.807) is 0 Å². The number of unbranched alkanes of at least 4 members (excludes halogenated alkanes) is 11. The largest absolute Gasteiger partial charge is 0.465 e. The fourth-order valence-corrected chi connectivity index (χ4v) is 3.53. The van der Waals surface area contributed by atoms with E-state index in [0.717, 1.165) is 12.8 Å². The summed E-state index contributed by atoms with van der Waals surface area (Å²) >= 11 is 0. The first-order valence-corrected chi connectivity index (χ1v) is 12.5. The molecule has 1 aliphatic rings. The summed E-state index contributed by atoms with van der Waals surface area (Å²) in [6.07, 6.45) is 21.6. The predicted octanol–water partition coefficient (Wildman–Crippen LogP) is 7.36. The molecule has 1 saturated heterocycles. The van der Waals surface area contributed by atoms with Gasteiger partial charge in [0.15, 0.2) is 5.79 Å². The molecule has 0 aromatic heterocycles. The molecular formula is C26H48O4. The summed E-state index contributed by atoms with van der Waals surface area (Å²) in [5.41, 5.74) is -0.242. The van der Waals surface area contributed by atoms with E-state index < -0.39 is 5.79 Å². The maximum atomic E-state index is 12.0. The standard InChI is InChI=1S/C26H48O4/c1-5-6-7-8-9-10-11-12-13-14-15-16-17-18-19-20-24(27)28-21-26(4)22-29-25(2,3)30-23-26/h12-13H,5-11,14-23H2,1-4H3/b13-12-. The second kappa shape index (κ2) is 15.9. The third-order valence-electron chi connectivity index (χ3n) is 5.76. The van der Waals surface area contributed by atoms with Gasteiger partial charge in [-0.1, -0.05) is 77.4 Å². The van der Waals surface area contributed by atoms with E-state index in [9.17, 15) is 4.79 Å². The number of ether oxygens (including phenoxy) is 3. The average molecular weight is 425 g/mol. The summed E-state index contributed by atoms with van der Waals surface area (Å²) in [6.45, 7) is 9.60. The van der Waals surface area contributed by atoms with Crippen LogP contribution in [0.1, 0.15) is 118 Å². The first-order valence-electron chi connectivity index (χ1n) is 12.5. The average Bonchev–Trinajstić information content (AvgIpc) is 2.72. The monoisotopic (exact) mass is 424 g/mol. The van der Waals surface area contributed by atoms with Crippen molar-refractivity contribution in [1.82, 2.24) is 0 Å². The molecule has 1 fully saturated rings. The molecule has 0 aromatic rings. The van der Waals surface area contributed by atoms with Crippen LogP contribution in [0.4, 0.5) is 0 Å². The molecule has 1 aliphatic heterocycles. The van der Waals surface area contributed by atoms with Crippen molar-refractivity contribution in [1.29, 1.82) is 0 Å². The maximum Gasteiger partial charge on any atom is 0.305 e. The van der Waals surface area contributed by atoms with Crippen LogP contribution in [0.2, 0.25) is 0 Å². The van der Waals surface area contributed by atoms with Crippen molar-refractivity contribution in [3.8, 4) is 0 Å². The summed E-state index contributed by atoms with van der Waals surface area (Å²) < 4.78 is 16.8. The lowest BCUT2D eigenvalue weighted by molar-refractivity contribution is -0.287. The molecule has 4 heteroatoms. The van der Waals surface area contributed by atoms with Gasteiger partial charge in [-0.05, 0) is 46.0 Å². The highest BCUT2D eigenvalue weighted by Gasteiger charge is 2.37. The molecule has 1 heterocycles. The summed E-state index contributed by atoms with van der Waals surface area (Å²) in [6, 6.07) is 0. The van der Waals surface area contributed by atoms with Crippen LogP contribution in [0.5, 0.6) is 0 Å². The Morgan fingerprint density at radius 3 is 1.87 bits per heavy atom. The third kappa shape index (κ3) is 14.2. The minimum atomic E-state index is -0.535. The van der Waals surface area contributed by atoms with Gasteiger partial charge in [-0.25, -0.2) is 0 Å². The van der Waals surface area contributed by atoms with E-state index in [-0.39, 0.29) is 11.4 Å². The van der Waals surface area contributed by atoms with Crippen molar-refractivity contribution >= 4 is 5.97 Å². The van der Waals surface area contributed by atoms with Crippen LogP contribution in [-0.4, -0.2) is 31.6 Å². The van der Waals surface area contributed by atoms with E-state index in [4.69, 9.17) is 14.2 Å². The lowest BCUT2D eigenvalue weighted by Crippen LogP contribution is -2.47. The second-order valence-corrected chi connectivity index (χ2v) is 9.78.